The number of hydrogen-bond acceptors (Lipinski definition) is 4. The maximum Gasteiger partial charge on any atom is 0.410 e. The van der Waals surface area contributed by atoms with Crippen molar-refractivity contribution in [3.05, 3.63) is 52.8 Å². The van der Waals surface area contributed by atoms with Gasteiger partial charge in [0.1, 0.15) is 5.60 Å². The number of H-pyrrole nitrogens is 1. The van der Waals surface area contributed by atoms with Crippen LogP contribution in [-0.4, -0.2) is 50.2 Å². The zero-order valence-corrected chi connectivity index (χ0v) is 17.9. The van der Waals surface area contributed by atoms with Crippen LogP contribution in [0.3, 0.4) is 0 Å². The van der Waals surface area contributed by atoms with E-state index in [4.69, 9.17) is 4.74 Å². The lowest BCUT2D eigenvalue weighted by Gasteiger charge is -2.31. The molecule has 2 amide bonds. The highest BCUT2D eigenvalue weighted by atomic mass is 16.6. The molecule has 1 aliphatic heterocycles. The second-order valence-corrected chi connectivity index (χ2v) is 8.69. The monoisotopic (exact) mass is 398 g/mol. The molecule has 1 aromatic heterocycles. The Morgan fingerprint density at radius 2 is 1.93 bits per heavy atom. The Morgan fingerprint density at radius 1 is 1.24 bits per heavy atom. The molecule has 0 unspecified atom stereocenters. The largest absolute Gasteiger partial charge is 0.444 e. The van der Waals surface area contributed by atoms with Crippen LogP contribution in [0.4, 0.5) is 4.79 Å². The topological polar surface area (TPSA) is 78.5 Å². The van der Waals surface area contributed by atoms with Crippen LogP contribution in [-0.2, 0) is 24.2 Å². The summed E-state index contributed by atoms with van der Waals surface area (Å²) < 4.78 is 5.49. The number of carbonyl (C=O) groups is 2. The number of ether oxygens (including phenoxy) is 1. The first-order valence-electron chi connectivity index (χ1n) is 10.0. The van der Waals surface area contributed by atoms with Crippen molar-refractivity contribution in [3.63, 3.8) is 0 Å². The van der Waals surface area contributed by atoms with Crippen molar-refractivity contribution >= 4 is 12.0 Å². The first-order chi connectivity index (χ1) is 13.7. The minimum Gasteiger partial charge on any atom is -0.444 e. The Labute approximate surface area is 172 Å². The summed E-state index contributed by atoms with van der Waals surface area (Å²) in [5.41, 5.74) is 2.59. The van der Waals surface area contributed by atoms with Crippen LogP contribution >= 0.6 is 0 Å². The normalized spacial score (nSPS) is 13.9. The van der Waals surface area contributed by atoms with Crippen molar-refractivity contribution in [3.8, 4) is 0 Å². The average Bonchev–Trinajstić information content (AvgIpc) is 3.08. The van der Waals surface area contributed by atoms with Crippen LogP contribution in [0.5, 0.6) is 0 Å². The molecule has 2 aromatic rings. The summed E-state index contributed by atoms with van der Waals surface area (Å²) in [5.74, 6) is -0.132. The highest BCUT2D eigenvalue weighted by molar-refractivity contribution is 5.94. The lowest BCUT2D eigenvalue weighted by molar-refractivity contribution is 0.0221. The smallest absolute Gasteiger partial charge is 0.410 e. The summed E-state index contributed by atoms with van der Waals surface area (Å²) >= 11 is 0. The van der Waals surface area contributed by atoms with E-state index in [9.17, 15) is 9.59 Å². The van der Waals surface area contributed by atoms with Gasteiger partial charge in [0.25, 0.3) is 5.91 Å². The van der Waals surface area contributed by atoms with Gasteiger partial charge in [0.05, 0.1) is 6.54 Å². The van der Waals surface area contributed by atoms with Gasteiger partial charge in [-0.2, -0.15) is 5.10 Å². The number of rotatable bonds is 4. The molecule has 0 atom stereocenters. The van der Waals surface area contributed by atoms with E-state index < -0.39 is 5.60 Å². The van der Waals surface area contributed by atoms with Crippen LogP contribution in [0, 0.1) is 0 Å². The van der Waals surface area contributed by atoms with Gasteiger partial charge in [0, 0.05) is 36.8 Å². The standard InChI is InChI=1S/C22H30N4O3/c1-15(2)26(13-16-9-7-6-8-10-16)20(27)19-17-14-25(12-11-18(17)23-24-19)21(28)29-22(3,4)5/h6-10,15H,11-14H2,1-5H3,(H,23,24). The van der Waals surface area contributed by atoms with Crippen LogP contribution < -0.4 is 0 Å². The summed E-state index contributed by atoms with van der Waals surface area (Å²) in [7, 11) is 0. The lowest BCUT2D eigenvalue weighted by atomic mass is 10.0. The Balaban J connectivity index is 1.81. The predicted molar refractivity (Wildman–Crippen MR) is 110 cm³/mol. The van der Waals surface area contributed by atoms with Gasteiger partial charge in [-0.15, -0.1) is 0 Å². The number of carbonyl (C=O) groups excluding carboxylic acids is 2. The van der Waals surface area contributed by atoms with Gasteiger partial charge in [-0.3, -0.25) is 9.89 Å². The highest BCUT2D eigenvalue weighted by Crippen LogP contribution is 2.24. The van der Waals surface area contributed by atoms with Gasteiger partial charge in [0.15, 0.2) is 5.69 Å². The number of aromatic amines is 1. The predicted octanol–water partition coefficient (Wildman–Crippen LogP) is 3.75. The lowest BCUT2D eigenvalue weighted by Crippen LogP contribution is -2.41. The van der Waals surface area contributed by atoms with Crippen molar-refractivity contribution in [1.29, 1.82) is 0 Å². The van der Waals surface area contributed by atoms with Crippen molar-refractivity contribution in [2.75, 3.05) is 6.54 Å². The molecule has 0 saturated carbocycles. The van der Waals surface area contributed by atoms with Crippen molar-refractivity contribution < 1.29 is 14.3 Å². The van der Waals surface area contributed by atoms with Crippen LogP contribution in [0.1, 0.15) is 61.9 Å². The molecule has 156 valence electrons. The molecule has 0 radical (unpaired) electrons. The fourth-order valence-corrected chi connectivity index (χ4v) is 3.36. The third kappa shape index (κ3) is 4.96. The fourth-order valence-electron chi connectivity index (χ4n) is 3.36. The van der Waals surface area contributed by atoms with E-state index in [1.54, 1.807) is 9.80 Å². The maximum absolute atomic E-state index is 13.3. The van der Waals surface area contributed by atoms with Gasteiger partial charge in [-0.05, 0) is 40.2 Å². The van der Waals surface area contributed by atoms with E-state index in [-0.39, 0.29) is 18.0 Å². The van der Waals surface area contributed by atoms with E-state index >= 15 is 0 Å². The minimum atomic E-state index is -0.559. The third-order valence-corrected chi connectivity index (χ3v) is 4.87. The summed E-state index contributed by atoms with van der Waals surface area (Å²) in [5, 5.41) is 7.31. The zero-order valence-electron chi connectivity index (χ0n) is 17.9. The molecule has 1 aromatic carbocycles. The number of hydrogen-bond donors (Lipinski definition) is 1. The van der Waals surface area contributed by atoms with Gasteiger partial charge >= 0.3 is 6.09 Å². The highest BCUT2D eigenvalue weighted by Gasteiger charge is 2.32. The van der Waals surface area contributed by atoms with E-state index in [1.165, 1.54) is 0 Å². The minimum absolute atomic E-state index is 0.0144. The van der Waals surface area contributed by atoms with Crippen molar-refractivity contribution in [2.24, 2.45) is 0 Å². The number of fused-ring (bicyclic) bond motifs is 1. The summed E-state index contributed by atoms with van der Waals surface area (Å²) in [6.45, 7) is 10.9. The third-order valence-electron chi connectivity index (χ3n) is 4.87. The van der Waals surface area contributed by atoms with Gasteiger partial charge in [0.2, 0.25) is 0 Å². The first kappa shape index (κ1) is 20.9. The summed E-state index contributed by atoms with van der Waals surface area (Å²) in [6, 6.07) is 9.92. The molecule has 29 heavy (non-hydrogen) atoms. The zero-order chi connectivity index (χ0) is 21.2. The van der Waals surface area contributed by atoms with E-state index in [0.717, 1.165) is 16.8 Å². The number of aromatic nitrogens is 2. The van der Waals surface area contributed by atoms with Gasteiger partial charge < -0.3 is 14.5 Å². The molecule has 1 aliphatic rings. The SMILES string of the molecule is CC(C)N(Cc1ccccc1)C(=O)c1n[nH]c2c1CN(C(=O)OC(C)(C)C)CC2. The van der Waals surface area contributed by atoms with E-state index in [1.807, 2.05) is 65.0 Å². The molecule has 7 nitrogen and oxygen atoms in total. The molecule has 0 bridgehead atoms. The molecule has 7 heteroatoms. The van der Waals surface area contributed by atoms with Crippen LogP contribution in [0.25, 0.3) is 0 Å². The fraction of sp³-hybridized carbons (Fsp3) is 0.500. The van der Waals surface area contributed by atoms with Crippen molar-refractivity contribution in [2.45, 2.75) is 65.8 Å². The Bertz CT molecular complexity index is 868. The quantitative estimate of drug-likeness (QED) is 0.851. The number of nitrogens with one attached hydrogen (secondary N) is 1. The molecular weight excluding hydrogens is 368 g/mol. The molecule has 0 saturated heterocycles. The second-order valence-electron chi connectivity index (χ2n) is 8.69. The second kappa shape index (κ2) is 8.27. The summed E-state index contributed by atoms with van der Waals surface area (Å²) in [6.07, 6.45) is 0.252. The number of benzene rings is 1. The molecule has 1 N–H and O–H groups in total. The molecule has 2 heterocycles. The van der Waals surface area contributed by atoms with Gasteiger partial charge in [-0.1, -0.05) is 30.3 Å². The van der Waals surface area contributed by atoms with E-state index in [2.05, 4.69) is 10.2 Å². The van der Waals surface area contributed by atoms with Crippen LogP contribution in [0.2, 0.25) is 0 Å². The Hall–Kier alpha value is -2.83. The molecule has 0 fully saturated rings. The maximum atomic E-state index is 13.3. The van der Waals surface area contributed by atoms with Gasteiger partial charge in [-0.25, -0.2) is 4.79 Å². The first-order valence-corrected chi connectivity index (χ1v) is 10.0. The van der Waals surface area contributed by atoms with Crippen LogP contribution in [0.15, 0.2) is 30.3 Å². The Morgan fingerprint density at radius 3 is 2.55 bits per heavy atom. The molecule has 3 rings (SSSR count). The van der Waals surface area contributed by atoms with E-state index in [0.29, 0.717) is 31.7 Å². The van der Waals surface area contributed by atoms with Crippen molar-refractivity contribution in [1.82, 2.24) is 20.0 Å². The average molecular weight is 399 g/mol. The molecule has 0 spiro atoms. The number of nitrogens with zero attached hydrogens (tertiary/aromatic N) is 3. The number of amides is 2. The molecule has 0 aliphatic carbocycles. The molecular formula is C22H30N4O3. The summed E-state index contributed by atoms with van der Waals surface area (Å²) in [4.78, 5) is 29.3. The Kier molecular flexibility index (Phi) is 5.96.